The molecule has 0 saturated heterocycles. The number of thioether (sulfide) groups is 1. The summed E-state index contributed by atoms with van der Waals surface area (Å²) in [6.45, 7) is 2.76. The molecule has 84 valence electrons. The summed E-state index contributed by atoms with van der Waals surface area (Å²) < 4.78 is 4.97. The molecule has 1 atom stereocenters. The maximum Gasteiger partial charge on any atom is 0.0960 e. The molecule has 0 aliphatic heterocycles. The molecule has 0 spiro atoms. The molecule has 0 saturated carbocycles. The van der Waals surface area contributed by atoms with Crippen molar-refractivity contribution in [3.8, 4) is 0 Å². The van der Waals surface area contributed by atoms with E-state index in [2.05, 4.69) is 11.1 Å². The van der Waals surface area contributed by atoms with Crippen molar-refractivity contribution in [3.05, 3.63) is 23.9 Å². The van der Waals surface area contributed by atoms with Crippen LogP contribution in [0.25, 0.3) is 0 Å². The zero-order valence-corrected chi connectivity index (χ0v) is 10.1. The second kappa shape index (κ2) is 6.82. The fourth-order valence-electron chi connectivity index (χ4n) is 1.22. The van der Waals surface area contributed by atoms with Gasteiger partial charge in [-0.05, 0) is 25.0 Å². The third-order valence-corrected chi connectivity index (χ3v) is 2.80. The zero-order chi connectivity index (χ0) is 11.1. The molecule has 1 rings (SSSR count). The first kappa shape index (κ1) is 12.5. The summed E-state index contributed by atoms with van der Waals surface area (Å²) in [6, 6.07) is 4.32. The van der Waals surface area contributed by atoms with Crippen molar-refractivity contribution in [2.75, 3.05) is 19.5 Å². The van der Waals surface area contributed by atoms with E-state index in [4.69, 9.17) is 10.5 Å². The maximum absolute atomic E-state index is 5.71. The molecule has 1 unspecified atom stereocenters. The van der Waals surface area contributed by atoms with Crippen molar-refractivity contribution in [1.82, 2.24) is 4.98 Å². The molecule has 1 aromatic rings. The van der Waals surface area contributed by atoms with Crippen molar-refractivity contribution in [3.63, 3.8) is 0 Å². The maximum atomic E-state index is 5.71. The number of hydrogen-bond donors (Lipinski definition) is 1. The van der Waals surface area contributed by atoms with Crippen LogP contribution < -0.4 is 5.73 Å². The lowest BCUT2D eigenvalue weighted by Gasteiger charge is -2.05. The summed E-state index contributed by atoms with van der Waals surface area (Å²) in [6.07, 6.45) is 2.79. The number of nitrogens with two attached hydrogens (primary N) is 1. The lowest BCUT2D eigenvalue weighted by Crippen LogP contribution is -2.17. The summed E-state index contributed by atoms with van der Waals surface area (Å²) >= 11 is 1.71. The molecule has 1 aromatic heterocycles. The molecule has 3 nitrogen and oxygen atoms in total. The predicted molar refractivity (Wildman–Crippen MR) is 64.2 cm³/mol. The Morgan fingerprint density at radius 2 is 2.33 bits per heavy atom. The monoisotopic (exact) mass is 226 g/mol. The van der Waals surface area contributed by atoms with Crippen molar-refractivity contribution in [2.45, 2.75) is 24.4 Å². The van der Waals surface area contributed by atoms with Gasteiger partial charge in [-0.15, -0.1) is 11.8 Å². The van der Waals surface area contributed by atoms with Gasteiger partial charge in [0.05, 0.1) is 11.6 Å². The molecule has 0 fully saturated rings. The van der Waals surface area contributed by atoms with Crippen LogP contribution in [0.3, 0.4) is 0 Å². The second-order valence-electron chi connectivity index (χ2n) is 3.53. The first-order valence-corrected chi connectivity index (χ1v) is 6.03. The fraction of sp³-hybridized carbons (Fsp3) is 0.545. The Kier molecular flexibility index (Phi) is 5.68. The first-order chi connectivity index (χ1) is 7.22. The molecule has 1 heterocycles. The van der Waals surface area contributed by atoms with Crippen LogP contribution in [0.2, 0.25) is 0 Å². The average Bonchev–Trinajstić information content (AvgIpc) is 2.20. The highest BCUT2D eigenvalue weighted by molar-refractivity contribution is 7.99. The van der Waals surface area contributed by atoms with Crippen molar-refractivity contribution >= 4 is 11.8 Å². The Labute approximate surface area is 95.4 Å². The Bertz CT molecular complexity index is 274. The minimum atomic E-state index is 0.193. The van der Waals surface area contributed by atoms with Gasteiger partial charge in [-0.25, -0.2) is 4.98 Å². The number of ether oxygens (including phenoxy) is 1. The highest BCUT2D eigenvalue weighted by Crippen LogP contribution is 2.15. The Morgan fingerprint density at radius 1 is 1.53 bits per heavy atom. The van der Waals surface area contributed by atoms with Crippen molar-refractivity contribution in [1.29, 1.82) is 0 Å². The summed E-state index contributed by atoms with van der Waals surface area (Å²) in [5.74, 6) is 0.941. The van der Waals surface area contributed by atoms with Gasteiger partial charge in [0.1, 0.15) is 0 Å². The summed E-state index contributed by atoms with van der Waals surface area (Å²) in [5, 5.41) is 1.04. The third-order valence-electron chi connectivity index (χ3n) is 1.89. The Balaban J connectivity index is 2.42. The van der Waals surface area contributed by atoms with E-state index >= 15 is 0 Å². The number of rotatable bonds is 6. The van der Waals surface area contributed by atoms with E-state index < -0.39 is 0 Å². The standard InChI is InChI=1S/C11H18N2OS/c1-9(12)7-10-3-4-11(13-8-10)15-6-5-14-2/h3-4,8-9H,5-7,12H2,1-2H3. The normalized spacial score (nSPS) is 12.7. The van der Waals surface area contributed by atoms with Gasteiger partial charge in [0.2, 0.25) is 0 Å². The molecule has 4 heteroatoms. The number of nitrogens with zero attached hydrogens (tertiary/aromatic N) is 1. The van der Waals surface area contributed by atoms with E-state index in [1.54, 1.807) is 18.9 Å². The largest absolute Gasteiger partial charge is 0.384 e. The molecule has 0 aliphatic rings. The van der Waals surface area contributed by atoms with Crippen LogP contribution in [-0.2, 0) is 11.2 Å². The van der Waals surface area contributed by atoms with Crippen molar-refractivity contribution in [2.24, 2.45) is 5.73 Å². The number of methoxy groups -OCH3 is 1. The summed E-state index contributed by atoms with van der Waals surface area (Å²) in [4.78, 5) is 4.36. The fourth-order valence-corrected chi connectivity index (χ4v) is 1.97. The van der Waals surface area contributed by atoms with Gasteiger partial charge in [0.15, 0.2) is 0 Å². The van der Waals surface area contributed by atoms with Gasteiger partial charge in [0.25, 0.3) is 0 Å². The highest BCUT2D eigenvalue weighted by atomic mass is 32.2. The topological polar surface area (TPSA) is 48.1 Å². The van der Waals surface area contributed by atoms with Gasteiger partial charge < -0.3 is 10.5 Å². The lowest BCUT2D eigenvalue weighted by molar-refractivity contribution is 0.218. The zero-order valence-electron chi connectivity index (χ0n) is 9.27. The lowest BCUT2D eigenvalue weighted by atomic mass is 10.1. The minimum absolute atomic E-state index is 0.193. The van der Waals surface area contributed by atoms with E-state index in [-0.39, 0.29) is 6.04 Å². The summed E-state index contributed by atoms with van der Waals surface area (Å²) in [7, 11) is 1.71. The molecule has 0 bridgehead atoms. The molecule has 0 aromatic carbocycles. The van der Waals surface area contributed by atoms with Crippen LogP contribution in [0, 0.1) is 0 Å². The Morgan fingerprint density at radius 3 is 2.87 bits per heavy atom. The predicted octanol–water partition coefficient (Wildman–Crippen LogP) is 1.71. The van der Waals surface area contributed by atoms with E-state index in [9.17, 15) is 0 Å². The van der Waals surface area contributed by atoms with Gasteiger partial charge >= 0.3 is 0 Å². The van der Waals surface area contributed by atoms with Crippen LogP contribution in [-0.4, -0.2) is 30.5 Å². The number of aromatic nitrogens is 1. The van der Waals surface area contributed by atoms with Gasteiger partial charge in [-0.1, -0.05) is 6.07 Å². The third kappa shape index (κ3) is 5.16. The van der Waals surface area contributed by atoms with E-state index in [1.807, 2.05) is 19.2 Å². The van der Waals surface area contributed by atoms with Crippen LogP contribution in [0.15, 0.2) is 23.4 Å². The quantitative estimate of drug-likeness (QED) is 0.592. The van der Waals surface area contributed by atoms with E-state index in [1.165, 1.54) is 5.56 Å². The first-order valence-electron chi connectivity index (χ1n) is 5.04. The molecule has 0 amide bonds. The minimum Gasteiger partial charge on any atom is -0.384 e. The van der Waals surface area contributed by atoms with Gasteiger partial charge in [-0.2, -0.15) is 0 Å². The number of hydrogen-bond acceptors (Lipinski definition) is 4. The van der Waals surface area contributed by atoms with Crippen LogP contribution >= 0.6 is 11.8 Å². The van der Waals surface area contributed by atoms with Crippen molar-refractivity contribution < 1.29 is 4.74 Å². The smallest absolute Gasteiger partial charge is 0.0960 e. The molecule has 0 radical (unpaired) electrons. The molecular weight excluding hydrogens is 208 g/mol. The molecule has 2 N–H and O–H groups in total. The Hall–Kier alpha value is -0.580. The highest BCUT2D eigenvalue weighted by Gasteiger charge is 1.99. The summed E-state index contributed by atoms with van der Waals surface area (Å²) in [5.41, 5.74) is 6.91. The number of pyridine rings is 1. The van der Waals surface area contributed by atoms with Crippen LogP contribution in [0.1, 0.15) is 12.5 Å². The van der Waals surface area contributed by atoms with Crippen LogP contribution in [0.5, 0.6) is 0 Å². The average molecular weight is 226 g/mol. The molecule has 15 heavy (non-hydrogen) atoms. The molecule has 0 aliphatic carbocycles. The van der Waals surface area contributed by atoms with E-state index in [0.29, 0.717) is 0 Å². The second-order valence-corrected chi connectivity index (χ2v) is 4.64. The van der Waals surface area contributed by atoms with Gasteiger partial charge in [0, 0.05) is 25.1 Å². The van der Waals surface area contributed by atoms with Gasteiger partial charge in [-0.3, -0.25) is 0 Å². The van der Waals surface area contributed by atoms with Crippen LogP contribution in [0.4, 0.5) is 0 Å². The van der Waals surface area contributed by atoms with E-state index in [0.717, 1.165) is 23.8 Å². The SMILES string of the molecule is COCCSc1ccc(CC(C)N)cn1. The molecular formula is C11H18N2OS.